The second-order valence-electron chi connectivity index (χ2n) is 7.89. The third-order valence-electron chi connectivity index (χ3n) is 4.79. The molecule has 3 nitrogen and oxygen atoms in total. The molecule has 0 bridgehead atoms. The van der Waals surface area contributed by atoms with Crippen molar-refractivity contribution in [2.75, 3.05) is 26.3 Å². The van der Waals surface area contributed by atoms with E-state index in [1.807, 2.05) is 40.7 Å². The summed E-state index contributed by atoms with van der Waals surface area (Å²) in [6, 6.07) is 0. The second kappa shape index (κ2) is 18.5. The van der Waals surface area contributed by atoms with Crippen LogP contribution in [0.25, 0.3) is 0 Å². The monoisotopic (exact) mass is 468 g/mol. The predicted molar refractivity (Wildman–Crippen MR) is 141 cm³/mol. The zero-order valence-electron chi connectivity index (χ0n) is 22.9. The molecule has 1 aliphatic rings. The lowest BCUT2D eigenvalue weighted by molar-refractivity contribution is 0.0250. The van der Waals surface area contributed by atoms with Crippen LogP contribution in [0.15, 0.2) is 59.1 Å². The predicted octanol–water partition coefficient (Wildman–Crippen LogP) is 8.25. The first-order valence-corrected chi connectivity index (χ1v) is 12.5. The topological polar surface area (TPSA) is 24.5 Å². The van der Waals surface area contributed by atoms with E-state index in [1.165, 1.54) is 0 Å². The number of ether oxygens (including phenoxy) is 1. The SMILES string of the molecule is C=C/C=C(C)\C(=C(/C)NC(=C/CC(C)(F)F)/C(=C\CC)N1CCOCC1)C(C)C.CC.CC. The van der Waals surface area contributed by atoms with Crippen molar-refractivity contribution >= 4 is 0 Å². The highest BCUT2D eigenvalue weighted by atomic mass is 19.3. The highest BCUT2D eigenvalue weighted by Gasteiger charge is 2.23. The minimum absolute atomic E-state index is 0.287. The molecule has 0 spiro atoms. The Morgan fingerprint density at radius 2 is 1.64 bits per heavy atom. The highest BCUT2D eigenvalue weighted by Crippen LogP contribution is 2.26. The molecule has 5 heteroatoms. The smallest absolute Gasteiger partial charge is 0.248 e. The summed E-state index contributed by atoms with van der Waals surface area (Å²) in [5, 5.41) is 3.47. The van der Waals surface area contributed by atoms with Crippen LogP contribution in [0, 0.1) is 5.92 Å². The van der Waals surface area contributed by atoms with Crippen LogP contribution in [0.4, 0.5) is 8.78 Å². The Morgan fingerprint density at radius 3 is 2.06 bits per heavy atom. The standard InChI is InChI=1S/C24H38F2N2O.2C2H6/c1-8-10-19(5)23(18(3)4)20(6)27-21(12-13-24(7,25)26)22(11-9-2)28-14-16-29-17-15-28;2*1-2/h8,10-12,18,27H,1,9,13-17H2,2-7H3;2*1-2H3/b19-10-,21-12+,22-11+,23-20+;;. The lowest BCUT2D eigenvalue weighted by Crippen LogP contribution is -2.38. The number of nitrogens with zero attached hydrogens (tertiary/aromatic N) is 1. The Bertz CT molecular complexity index is 662. The minimum Gasteiger partial charge on any atom is -0.378 e. The molecule has 1 fully saturated rings. The molecule has 0 aromatic rings. The van der Waals surface area contributed by atoms with Crippen LogP contribution in [-0.4, -0.2) is 37.1 Å². The van der Waals surface area contributed by atoms with Crippen LogP contribution < -0.4 is 5.32 Å². The van der Waals surface area contributed by atoms with Crippen LogP contribution >= 0.6 is 0 Å². The number of allylic oxidation sites excluding steroid dienone is 7. The van der Waals surface area contributed by atoms with E-state index in [1.54, 1.807) is 12.2 Å². The van der Waals surface area contributed by atoms with Crippen LogP contribution in [0.2, 0.25) is 0 Å². The molecule has 0 saturated carbocycles. The summed E-state index contributed by atoms with van der Waals surface area (Å²) >= 11 is 0. The number of rotatable bonds is 10. The van der Waals surface area contributed by atoms with E-state index < -0.39 is 5.92 Å². The van der Waals surface area contributed by atoms with E-state index in [9.17, 15) is 8.78 Å². The van der Waals surface area contributed by atoms with Crippen LogP contribution in [0.1, 0.15) is 82.1 Å². The largest absolute Gasteiger partial charge is 0.378 e. The Labute approximate surface area is 203 Å². The summed E-state index contributed by atoms with van der Waals surface area (Å²) in [4.78, 5) is 2.22. The quantitative estimate of drug-likeness (QED) is 0.327. The highest BCUT2D eigenvalue weighted by molar-refractivity contribution is 5.40. The maximum absolute atomic E-state index is 13.7. The Morgan fingerprint density at radius 1 is 1.09 bits per heavy atom. The van der Waals surface area contributed by atoms with Gasteiger partial charge in [0.2, 0.25) is 5.92 Å². The van der Waals surface area contributed by atoms with Gasteiger partial charge in [0, 0.05) is 25.2 Å². The number of morpholine rings is 1. The molecule has 1 aliphatic heterocycles. The van der Waals surface area contributed by atoms with Gasteiger partial charge in [0.1, 0.15) is 0 Å². The molecule has 1 rings (SSSR count). The van der Waals surface area contributed by atoms with Gasteiger partial charge in [-0.1, -0.05) is 79.3 Å². The molecule has 0 amide bonds. The first-order valence-electron chi connectivity index (χ1n) is 12.5. The Hall–Kier alpha value is -1.88. The summed E-state index contributed by atoms with van der Waals surface area (Å²) < 4.78 is 32.8. The van der Waals surface area contributed by atoms with Gasteiger partial charge in [-0.05, 0) is 44.3 Å². The molecule has 192 valence electrons. The summed E-state index contributed by atoms with van der Waals surface area (Å²) in [5.41, 5.74) is 4.95. The van der Waals surface area contributed by atoms with Gasteiger partial charge >= 0.3 is 0 Å². The molecule has 33 heavy (non-hydrogen) atoms. The fraction of sp³-hybridized carbons (Fsp3) is 0.643. The number of halogens is 2. The van der Waals surface area contributed by atoms with Gasteiger partial charge in [-0.15, -0.1) is 0 Å². The Kier molecular flexibility index (Phi) is 18.7. The fourth-order valence-electron chi connectivity index (χ4n) is 3.63. The third-order valence-corrected chi connectivity index (χ3v) is 4.79. The molecular formula is C28H50F2N2O. The molecule has 0 atom stereocenters. The van der Waals surface area contributed by atoms with E-state index in [-0.39, 0.29) is 12.3 Å². The number of hydrogen-bond donors (Lipinski definition) is 1. The van der Waals surface area contributed by atoms with Crippen LogP contribution in [0.5, 0.6) is 0 Å². The molecule has 0 aromatic carbocycles. The summed E-state index contributed by atoms with van der Waals surface area (Å²) in [5.74, 6) is -2.47. The summed E-state index contributed by atoms with van der Waals surface area (Å²) in [6.07, 6.45) is 8.00. The van der Waals surface area contributed by atoms with E-state index in [4.69, 9.17) is 4.74 Å². The van der Waals surface area contributed by atoms with Crippen LogP contribution in [0.3, 0.4) is 0 Å². The van der Waals surface area contributed by atoms with Crippen molar-refractivity contribution in [3.63, 3.8) is 0 Å². The maximum Gasteiger partial charge on any atom is 0.248 e. The molecule has 1 heterocycles. The lowest BCUT2D eigenvalue weighted by Gasteiger charge is -2.33. The maximum atomic E-state index is 13.7. The van der Waals surface area contributed by atoms with Crippen molar-refractivity contribution in [1.82, 2.24) is 10.2 Å². The average molecular weight is 469 g/mol. The first kappa shape index (κ1) is 33.3. The van der Waals surface area contributed by atoms with Gasteiger partial charge in [-0.2, -0.15) is 0 Å². The first-order chi connectivity index (χ1) is 15.6. The van der Waals surface area contributed by atoms with Crippen molar-refractivity contribution in [3.8, 4) is 0 Å². The molecule has 1 N–H and O–H groups in total. The molecular weight excluding hydrogens is 418 g/mol. The van der Waals surface area contributed by atoms with Crippen molar-refractivity contribution in [2.45, 2.75) is 88.0 Å². The molecule has 0 aromatic heterocycles. The third kappa shape index (κ3) is 13.4. The van der Waals surface area contributed by atoms with Gasteiger partial charge in [0.05, 0.1) is 24.6 Å². The van der Waals surface area contributed by atoms with E-state index in [2.05, 4.69) is 50.6 Å². The van der Waals surface area contributed by atoms with Gasteiger partial charge in [0.15, 0.2) is 0 Å². The Balaban J connectivity index is 0. The van der Waals surface area contributed by atoms with E-state index >= 15 is 0 Å². The molecule has 1 saturated heterocycles. The van der Waals surface area contributed by atoms with E-state index in [0.29, 0.717) is 13.2 Å². The molecule has 0 unspecified atom stereocenters. The van der Waals surface area contributed by atoms with Gasteiger partial charge < -0.3 is 15.0 Å². The second-order valence-corrected chi connectivity index (χ2v) is 7.89. The lowest BCUT2D eigenvalue weighted by atomic mass is 9.93. The molecule has 0 aliphatic carbocycles. The van der Waals surface area contributed by atoms with Gasteiger partial charge in [0.25, 0.3) is 0 Å². The fourth-order valence-corrected chi connectivity index (χ4v) is 3.63. The van der Waals surface area contributed by atoms with Gasteiger partial charge in [-0.25, -0.2) is 8.78 Å². The number of alkyl halides is 2. The van der Waals surface area contributed by atoms with Gasteiger partial charge in [-0.3, -0.25) is 0 Å². The van der Waals surface area contributed by atoms with Crippen molar-refractivity contribution in [3.05, 3.63) is 59.1 Å². The zero-order valence-corrected chi connectivity index (χ0v) is 22.9. The van der Waals surface area contributed by atoms with Crippen molar-refractivity contribution < 1.29 is 13.5 Å². The summed E-state index contributed by atoms with van der Waals surface area (Å²) in [6.45, 7) is 25.9. The van der Waals surface area contributed by atoms with Crippen molar-refractivity contribution in [2.24, 2.45) is 5.92 Å². The van der Waals surface area contributed by atoms with Crippen molar-refractivity contribution in [1.29, 1.82) is 0 Å². The van der Waals surface area contributed by atoms with Crippen LogP contribution in [-0.2, 0) is 4.74 Å². The zero-order chi connectivity index (χ0) is 26.0. The van der Waals surface area contributed by atoms with E-state index in [0.717, 1.165) is 54.7 Å². The normalized spacial score (nSPS) is 16.3. The average Bonchev–Trinajstić information content (AvgIpc) is 2.78. The summed E-state index contributed by atoms with van der Waals surface area (Å²) in [7, 11) is 0. The molecule has 0 radical (unpaired) electrons. The number of nitrogens with one attached hydrogen (secondary N) is 1. The minimum atomic E-state index is -2.76. The number of hydrogen-bond acceptors (Lipinski definition) is 3.